The van der Waals surface area contributed by atoms with E-state index in [0.29, 0.717) is 15.8 Å². The molecule has 0 saturated heterocycles. The lowest BCUT2D eigenvalue weighted by Gasteiger charge is -2.25. The van der Waals surface area contributed by atoms with Crippen LogP contribution in [0.1, 0.15) is 23.2 Å². The third kappa shape index (κ3) is 8.23. The quantitative estimate of drug-likeness (QED) is 0.219. The van der Waals surface area contributed by atoms with Gasteiger partial charge in [-0.3, -0.25) is 9.59 Å². The smallest absolute Gasteiger partial charge is 0.326 e. The van der Waals surface area contributed by atoms with Gasteiger partial charge in [0.05, 0.1) is 32.2 Å². The Balaban J connectivity index is 2.04. The van der Waals surface area contributed by atoms with Crippen molar-refractivity contribution in [3.05, 3.63) is 34.4 Å². The molecule has 1 unspecified atom stereocenters. The number of benzene rings is 1. The third-order valence-corrected chi connectivity index (χ3v) is 5.66. The van der Waals surface area contributed by atoms with E-state index in [1.165, 1.54) is 32.5 Å². The summed E-state index contributed by atoms with van der Waals surface area (Å²) in [7, 11) is 4.60. The SMILES string of the molecule is COc1ncc(NCC(O)CN(C)c2cc(C(=O)N[C@@H](CCC(=O)O)C(=O)O)ccc2Br)c(OC)n1. The molecule has 2 rings (SSSR count). The number of carbonyl (C=O) groups excluding carboxylic acids is 1. The van der Waals surface area contributed by atoms with E-state index in [4.69, 9.17) is 14.6 Å². The first-order valence-corrected chi connectivity index (χ1v) is 11.5. The summed E-state index contributed by atoms with van der Waals surface area (Å²) in [6.45, 7) is 0.310. The lowest BCUT2D eigenvalue weighted by atomic mass is 10.1. The van der Waals surface area contributed by atoms with E-state index in [-0.39, 0.29) is 37.0 Å². The molecule has 0 aliphatic heterocycles. The fourth-order valence-corrected chi connectivity index (χ4v) is 3.70. The Hall–Kier alpha value is -3.65. The fraction of sp³-hybridized carbons (Fsp3) is 0.409. The van der Waals surface area contributed by atoms with Crippen LogP contribution in [-0.4, -0.2) is 89.6 Å². The van der Waals surface area contributed by atoms with Crippen molar-refractivity contribution in [1.82, 2.24) is 15.3 Å². The fourth-order valence-electron chi connectivity index (χ4n) is 3.15. The standard InChI is InChI=1S/C22H28BrN5O8/c1-28(11-13(29)9-24-16-10-25-22(36-3)27-20(16)35-2)17-8-12(4-5-14(17)23)19(32)26-15(21(33)34)6-7-18(30)31/h4-5,8,10,13,15,24,29H,6-7,9,11H2,1-3H3,(H,26,32)(H,30,31)(H,33,34)/t13?,15-/m0/s1. The van der Waals surface area contributed by atoms with Gasteiger partial charge in [-0.25, -0.2) is 9.78 Å². The number of nitrogens with zero attached hydrogens (tertiary/aromatic N) is 3. The molecule has 1 aromatic heterocycles. The van der Waals surface area contributed by atoms with E-state index < -0.39 is 36.4 Å². The first-order chi connectivity index (χ1) is 17.0. The zero-order chi connectivity index (χ0) is 26.8. The highest BCUT2D eigenvalue weighted by Gasteiger charge is 2.22. The minimum absolute atomic E-state index is 0.137. The maximum Gasteiger partial charge on any atom is 0.326 e. The topological polar surface area (TPSA) is 183 Å². The van der Waals surface area contributed by atoms with Crippen molar-refractivity contribution >= 4 is 45.2 Å². The number of hydrogen-bond donors (Lipinski definition) is 5. The molecule has 14 heteroatoms. The number of ether oxygens (including phenoxy) is 2. The molecule has 0 aliphatic rings. The molecule has 0 spiro atoms. The minimum Gasteiger partial charge on any atom is -0.481 e. The molecule has 2 aromatic rings. The number of carboxylic acid groups (broad SMARTS) is 2. The minimum atomic E-state index is -1.34. The molecule has 36 heavy (non-hydrogen) atoms. The van der Waals surface area contributed by atoms with Crippen molar-refractivity contribution in [3.63, 3.8) is 0 Å². The van der Waals surface area contributed by atoms with Crippen molar-refractivity contribution in [2.75, 3.05) is 44.6 Å². The van der Waals surface area contributed by atoms with Gasteiger partial charge in [0.1, 0.15) is 11.7 Å². The van der Waals surface area contributed by atoms with E-state index >= 15 is 0 Å². The van der Waals surface area contributed by atoms with E-state index in [1.807, 2.05) is 0 Å². The number of anilines is 2. The van der Waals surface area contributed by atoms with E-state index in [9.17, 15) is 24.6 Å². The highest BCUT2D eigenvalue weighted by molar-refractivity contribution is 9.10. The largest absolute Gasteiger partial charge is 0.481 e. The van der Waals surface area contributed by atoms with E-state index in [1.54, 1.807) is 18.0 Å². The molecule has 0 saturated carbocycles. The molecule has 0 bridgehead atoms. The van der Waals surface area contributed by atoms with Crippen molar-refractivity contribution in [3.8, 4) is 11.9 Å². The number of hydrogen-bond acceptors (Lipinski definition) is 10. The van der Waals surface area contributed by atoms with Crippen molar-refractivity contribution in [2.24, 2.45) is 0 Å². The molecule has 196 valence electrons. The maximum atomic E-state index is 12.6. The first kappa shape index (κ1) is 28.6. The van der Waals surface area contributed by atoms with Gasteiger partial charge < -0.3 is 40.3 Å². The number of aliphatic carboxylic acids is 2. The number of nitrogens with one attached hydrogen (secondary N) is 2. The summed E-state index contributed by atoms with van der Waals surface area (Å²) < 4.78 is 10.8. The number of rotatable bonds is 14. The van der Waals surface area contributed by atoms with Crippen LogP contribution in [-0.2, 0) is 9.59 Å². The average Bonchev–Trinajstić information content (AvgIpc) is 2.84. The molecule has 1 heterocycles. The predicted molar refractivity (Wildman–Crippen MR) is 133 cm³/mol. The van der Waals surface area contributed by atoms with Crippen LogP contribution < -0.4 is 25.0 Å². The van der Waals surface area contributed by atoms with Crippen molar-refractivity contribution in [1.29, 1.82) is 0 Å². The molecule has 1 aromatic carbocycles. The number of aromatic nitrogens is 2. The van der Waals surface area contributed by atoms with Gasteiger partial charge in [-0.2, -0.15) is 4.98 Å². The van der Waals surface area contributed by atoms with Crippen molar-refractivity contribution < 1.29 is 39.2 Å². The number of halogens is 1. The summed E-state index contributed by atoms with van der Waals surface area (Å²) in [6, 6.07) is 3.46. The van der Waals surface area contributed by atoms with Crippen LogP contribution in [0.15, 0.2) is 28.9 Å². The van der Waals surface area contributed by atoms with Crippen LogP contribution in [0, 0.1) is 0 Å². The van der Waals surface area contributed by atoms with Crippen LogP contribution in [0.4, 0.5) is 11.4 Å². The predicted octanol–water partition coefficient (Wildman–Crippen LogP) is 1.21. The van der Waals surface area contributed by atoms with Gasteiger partial charge >= 0.3 is 17.9 Å². The summed E-state index contributed by atoms with van der Waals surface area (Å²) in [4.78, 5) is 44.6. The van der Waals surface area contributed by atoms with Gasteiger partial charge in [0.25, 0.3) is 5.91 Å². The molecule has 0 fully saturated rings. The normalized spacial score (nSPS) is 12.2. The van der Waals surface area contributed by atoms with E-state index in [2.05, 4.69) is 36.5 Å². The van der Waals surface area contributed by atoms with Crippen LogP contribution in [0.5, 0.6) is 11.9 Å². The van der Waals surface area contributed by atoms with Crippen molar-refractivity contribution in [2.45, 2.75) is 25.0 Å². The summed E-state index contributed by atoms with van der Waals surface area (Å²) in [5.41, 5.74) is 1.22. The van der Waals surface area contributed by atoms with Gasteiger partial charge in [0, 0.05) is 36.6 Å². The second-order valence-electron chi connectivity index (χ2n) is 7.66. The lowest BCUT2D eigenvalue weighted by molar-refractivity contribution is -0.140. The molecular weight excluding hydrogens is 542 g/mol. The monoisotopic (exact) mass is 569 g/mol. The second kappa shape index (κ2) is 13.4. The number of carbonyl (C=O) groups is 3. The van der Waals surface area contributed by atoms with Gasteiger partial charge in [-0.05, 0) is 40.5 Å². The third-order valence-electron chi connectivity index (χ3n) is 4.99. The molecule has 1 amide bonds. The van der Waals surface area contributed by atoms with Crippen LogP contribution in [0.3, 0.4) is 0 Å². The summed E-state index contributed by atoms with van der Waals surface area (Å²) in [5.74, 6) is -2.89. The Morgan fingerprint density at radius 1 is 1.19 bits per heavy atom. The summed E-state index contributed by atoms with van der Waals surface area (Å²) in [5, 5.41) is 34.0. The summed E-state index contributed by atoms with van der Waals surface area (Å²) >= 11 is 3.42. The molecule has 5 N–H and O–H groups in total. The first-order valence-electron chi connectivity index (χ1n) is 10.7. The number of aliphatic hydroxyl groups excluding tert-OH is 1. The zero-order valence-corrected chi connectivity index (χ0v) is 21.5. The number of aliphatic hydroxyl groups is 1. The lowest BCUT2D eigenvalue weighted by Crippen LogP contribution is -2.41. The van der Waals surface area contributed by atoms with Gasteiger partial charge in [-0.1, -0.05) is 0 Å². The van der Waals surface area contributed by atoms with Crippen LogP contribution >= 0.6 is 15.9 Å². The Morgan fingerprint density at radius 3 is 2.53 bits per heavy atom. The van der Waals surface area contributed by atoms with Gasteiger partial charge in [0.2, 0.25) is 5.88 Å². The Labute approximate surface area is 215 Å². The molecule has 13 nitrogen and oxygen atoms in total. The van der Waals surface area contributed by atoms with Crippen LogP contribution in [0.2, 0.25) is 0 Å². The molecule has 2 atom stereocenters. The Bertz CT molecular complexity index is 1090. The number of amides is 1. The average molecular weight is 570 g/mol. The summed E-state index contributed by atoms with van der Waals surface area (Å²) in [6.07, 6.45) is -0.0196. The number of methoxy groups -OCH3 is 2. The highest BCUT2D eigenvalue weighted by Crippen LogP contribution is 2.27. The molecular formula is C22H28BrN5O8. The zero-order valence-electron chi connectivity index (χ0n) is 19.9. The highest BCUT2D eigenvalue weighted by atomic mass is 79.9. The molecule has 0 radical (unpaired) electrons. The Morgan fingerprint density at radius 2 is 1.92 bits per heavy atom. The maximum absolute atomic E-state index is 12.6. The number of likely N-dealkylation sites (N-methyl/N-ethyl adjacent to an activating group) is 1. The van der Waals surface area contributed by atoms with Crippen LogP contribution in [0.25, 0.3) is 0 Å². The Kier molecular flexibility index (Phi) is 10.7. The van der Waals surface area contributed by atoms with Gasteiger partial charge in [-0.15, -0.1) is 0 Å². The molecule has 0 aliphatic carbocycles. The number of carboxylic acids is 2. The van der Waals surface area contributed by atoms with E-state index in [0.717, 1.165) is 0 Å². The van der Waals surface area contributed by atoms with Gasteiger partial charge in [0.15, 0.2) is 0 Å². The second-order valence-corrected chi connectivity index (χ2v) is 8.51.